The maximum absolute atomic E-state index is 10.7. The number of carbonyl (C=O) groups excluding carboxylic acids is 1. The van der Waals surface area contributed by atoms with Crippen molar-refractivity contribution in [1.82, 2.24) is 5.16 Å². The first-order valence-electron chi connectivity index (χ1n) is 3.44. The number of nitrogens with zero attached hydrogens (tertiary/aromatic N) is 2. The third-order valence-corrected chi connectivity index (χ3v) is 1.54. The lowest BCUT2D eigenvalue weighted by Crippen LogP contribution is -2.05. The van der Waals surface area contributed by atoms with E-state index in [4.69, 9.17) is 4.74 Å². The van der Waals surface area contributed by atoms with Gasteiger partial charge >= 0.3 is 5.97 Å². The van der Waals surface area contributed by atoms with Crippen LogP contribution >= 0.6 is 0 Å². The molecule has 2 heterocycles. The molecule has 1 aliphatic rings. The number of aryl methyl sites for hydroxylation is 1. The van der Waals surface area contributed by atoms with Crippen LogP contribution in [-0.2, 0) is 9.53 Å². The molecule has 0 bridgehead atoms. The molecule has 0 radical (unpaired) electrons. The van der Waals surface area contributed by atoms with Crippen LogP contribution in [0.15, 0.2) is 15.8 Å². The van der Waals surface area contributed by atoms with Crippen LogP contribution in [0.5, 0.6) is 0 Å². The Morgan fingerprint density at radius 1 is 1.58 bits per heavy atom. The number of ether oxygens (including phenoxy) is 1. The molecule has 0 saturated carbocycles. The zero-order valence-electron chi connectivity index (χ0n) is 6.40. The molecule has 12 heavy (non-hydrogen) atoms. The highest BCUT2D eigenvalue weighted by atomic mass is 16.6. The second kappa shape index (κ2) is 2.44. The van der Waals surface area contributed by atoms with Gasteiger partial charge in [-0.15, -0.1) is 0 Å². The largest absolute Gasteiger partial charge is 0.406 e. The van der Waals surface area contributed by atoms with Crippen molar-refractivity contribution in [1.29, 1.82) is 0 Å². The van der Waals surface area contributed by atoms with Crippen molar-refractivity contribution in [2.75, 3.05) is 6.54 Å². The van der Waals surface area contributed by atoms with Crippen molar-refractivity contribution in [2.45, 2.75) is 6.92 Å². The van der Waals surface area contributed by atoms with Gasteiger partial charge in [-0.05, 0) is 6.92 Å². The molecule has 0 unspecified atom stereocenters. The second-order valence-electron chi connectivity index (χ2n) is 2.41. The number of cyclic esters (lactones) is 1. The topological polar surface area (TPSA) is 64.7 Å². The number of carbonyl (C=O) groups is 1. The zero-order valence-corrected chi connectivity index (χ0v) is 6.40. The van der Waals surface area contributed by atoms with Crippen molar-refractivity contribution < 1.29 is 14.1 Å². The molecule has 62 valence electrons. The average Bonchev–Trinajstić information content (AvgIpc) is 2.58. The van der Waals surface area contributed by atoms with Crippen LogP contribution in [0, 0.1) is 6.92 Å². The lowest BCUT2D eigenvalue weighted by molar-refractivity contribution is -0.132. The maximum atomic E-state index is 10.7. The number of hydrogen-bond donors (Lipinski definition) is 0. The molecule has 1 aromatic rings. The Morgan fingerprint density at radius 2 is 2.42 bits per heavy atom. The fourth-order valence-electron chi connectivity index (χ4n) is 0.947. The predicted octanol–water partition coefficient (Wildman–Crippen LogP) is 0.286. The monoisotopic (exact) mass is 166 g/mol. The maximum Gasteiger partial charge on any atom is 0.334 e. The number of aromatic nitrogens is 1. The minimum atomic E-state index is -0.342. The van der Waals surface area contributed by atoms with Gasteiger partial charge in [-0.1, -0.05) is 5.16 Å². The van der Waals surface area contributed by atoms with E-state index in [0.29, 0.717) is 17.2 Å². The van der Waals surface area contributed by atoms with E-state index in [1.165, 1.54) is 6.26 Å². The predicted molar refractivity (Wildman–Crippen MR) is 38.7 cm³/mol. The SMILES string of the molecule is Cc1nocc1C1=NCC(=O)O1. The first kappa shape index (κ1) is 7.02. The molecule has 0 aromatic carbocycles. The van der Waals surface area contributed by atoms with Crippen LogP contribution in [0.2, 0.25) is 0 Å². The van der Waals surface area contributed by atoms with Crippen molar-refractivity contribution in [3.05, 3.63) is 17.5 Å². The van der Waals surface area contributed by atoms with E-state index in [2.05, 4.69) is 14.7 Å². The van der Waals surface area contributed by atoms with E-state index in [9.17, 15) is 4.79 Å². The van der Waals surface area contributed by atoms with Crippen molar-refractivity contribution in [3.8, 4) is 0 Å². The Balaban J connectivity index is 2.33. The summed E-state index contributed by atoms with van der Waals surface area (Å²) in [5.41, 5.74) is 1.31. The van der Waals surface area contributed by atoms with E-state index < -0.39 is 0 Å². The first-order valence-corrected chi connectivity index (χ1v) is 3.44. The minimum absolute atomic E-state index is 0.0833. The highest BCUT2D eigenvalue weighted by molar-refractivity contribution is 6.05. The summed E-state index contributed by atoms with van der Waals surface area (Å²) in [5, 5.41) is 3.64. The van der Waals surface area contributed by atoms with Crippen LogP contribution in [-0.4, -0.2) is 23.6 Å². The lowest BCUT2D eigenvalue weighted by Gasteiger charge is -1.93. The highest BCUT2D eigenvalue weighted by Gasteiger charge is 2.21. The number of aliphatic imine (C=N–C) groups is 1. The summed E-state index contributed by atoms with van der Waals surface area (Å²) in [6.45, 7) is 1.84. The van der Waals surface area contributed by atoms with Crippen LogP contribution in [0.3, 0.4) is 0 Å². The minimum Gasteiger partial charge on any atom is -0.406 e. The van der Waals surface area contributed by atoms with Gasteiger partial charge in [-0.2, -0.15) is 0 Å². The summed E-state index contributed by atoms with van der Waals surface area (Å²) in [7, 11) is 0. The van der Waals surface area contributed by atoms with Crippen molar-refractivity contribution in [3.63, 3.8) is 0 Å². The molecule has 0 fully saturated rings. The van der Waals surface area contributed by atoms with Gasteiger partial charge < -0.3 is 9.26 Å². The summed E-state index contributed by atoms with van der Waals surface area (Å²) >= 11 is 0. The van der Waals surface area contributed by atoms with Gasteiger partial charge in [0.1, 0.15) is 12.8 Å². The van der Waals surface area contributed by atoms with Gasteiger partial charge in [0.25, 0.3) is 0 Å². The third kappa shape index (κ3) is 0.990. The van der Waals surface area contributed by atoms with Gasteiger partial charge in [-0.25, -0.2) is 9.79 Å². The van der Waals surface area contributed by atoms with Gasteiger partial charge in [0.2, 0.25) is 5.90 Å². The fourth-order valence-corrected chi connectivity index (χ4v) is 0.947. The van der Waals surface area contributed by atoms with Crippen LogP contribution < -0.4 is 0 Å². The summed E-state index contributed by atoms with van der Waals surface area (Å²) in [6, 6.07) is 0. The molecule has 5 heteroatoms. The molecule has 0 N–H and O–H groups in total. The standard InChI is InChI=1S/C7H6N2O3/c1-4-5(3-11-9-4)7-8-2-6(10)12-7/h3H,2H2,1H3. The normalized spacial score (nSPS) is 16.1. The number of hydrogen-bond acceptors (Lipinski definition) is 5. The van der Waals surface area contributed by atoms with E-state index in [1.807, 2.05) is 0 Å². The smallest absolute Gasteiger partial charge is 0.334 e. The average molecular weight is 166 g/mol. The number of rotatable bonds is 1. The summed E-state index contributed by atoms with van der Waals surface area (Å²) in [4.78, 5) is 14.5. The van der Waals surface area contributed by atoms with Crippen molar-refractivity contribution in [2.24, 2.45) is 4.99 Å². The molecule has 1 aliphatic heterocycles. The third-order valence-electron chi connectivity index (χ3n) is 1.54. The van der Waals surface area contributed by atoms with Gasteiger partial charge in [-0.3, -0.25) is 0 Å². The van der Waals surface area contributed by atoms with Gasteiger partial charge in [0, 0.05) is 0 Å². The first-order chi connectivity index (χ1) is 5.77. The van der Waals surface area contributed by atoms with E-state index >= 15 is 0 Å². The van der Waals surface area contributed by atoms with E-state index in [0.717, 1.165) is 0 Å². The lowest BCUT2D eigenvalue weighted by atomic mass is 10.3. The Hall–Kier alpha value is -1.65. The van der Waals surface area contributed by atoms with Crippen LogP contribution in [0.4, 0.5) is 0 Å². The molecule has 2 rings (SSSR count). The van der Waals surface area contributed by atoms with Crippen LogP contribution in [0.1, 0.15) is 11.3 Å². The van der Waals surface area contributed by atoms with Gasteiger partial charge in [0.15, 0.2) is 0 Å². The zero-order chi connectivity index (χ0) is 8.55. The summed E-state index contributed by atoms with van der Waals surface area (Å²) in [6.07, 6.45) is 1.41. The molecule has 0 spiro atoms. The quantitative estimate of drug-likeness (QED) is 0.562. The molecule has 0 amide bonds. The Morgan fingerprint density at radius 3 is 2.92 bits per heavy atom. The molecule has 0 atom stereocenters. The second-order valence-corrected chi connectivity index (χ2v) is 2.41. The molecule has 0 aliphatic carbocycles. The highest BCUT2D eigenvalue weighted by Crippen LogP contribution is 2.11. The van der Waals surface area contributed by atoms with Crippen molar-refractivity contribution >= 4 is 11.9 Å². The molecular formula is C7H6N2O3. The fraction of sp³-hybridized carbons (Fsp3) is 0.286. The molecule has 0 saturated heterocycles. The summed E-state index contributed by atoms with van der Waals surface area (Å²) in [5.74, 6) is -0.0376. The van der Waals surface area contributed by atoms with E-state index in [1.54, 1.807) is 6.92 Å². The van der Waals surface area contributed by atoms with Crippen LogP contribution in [0.25, 0.3) is 0 Å². The number of esters is 1. The molecule has 1 aromatic heterocycles. The Kier molecular flexibility index (Phi) is 1.43. The van der Waals surface area contributed by atoms with E-state index in [-0.39, 0.29) is 12.5 Å². The Labute approximate surface area is 68.0 Å². The van der Waals surface area contributed by atoms with Gasteiger partial charge in [0.05, 0.1) is 11.3 Å². The summed E-state index contributed by atoms with van der Waals surface area (Å²) < 4.78 is 9.47. The molecular weight excluding hydrogens is 160 g/mol. The Bertz CT molecular complexity index is 353. The molecule has 5 nitrogen and oxygen atoms in total.